The number of esters is 1. The summed E-state index contributed by atoms with van der Waals surface area (Å²) in [5.74, 6) is -1.91. The van der Waals surface area contributed by atoms with Crippen LogP contribution in [-0.4, -0.2) is 43.6 Å². The lowest BCUT2D eigenvalue weighted by Crippen LogP contribution is -2.48. The Kier molecular flexibility index (Phi) is 9.28. The second-order valence-electron chi connectivity index (χ2n) is 11.5. The Bertz CT molecular complexity index is 1310. The Labute approximate surface area is 244 Å². The Hall–Kier alpha value is -3.69. The second-order valence-corrected chi connectivity index (χ2v) is 11.5. The standard InChI is InChI=1S/C32H38F2N2O6/c1-3-41-32(39)19-9-11-23(12-10-19)42-27-15-24(26(40-2)16-25(27)34)30(37)36-29-21-8-7-20(14-21)28(29)31(38)35-22-6-4-5-18(13-22)17-33/h4-6,13,15-16,19-21,23,28-29H,3,7-12,14,17H2,1-2H3,(H,35,38)(H,36,37). The molecule has 0 aliphatic heterocycles. The number of halogens is 2. The number of hydrogen-bond donors (Lipinski definition) is 2. The van der Waals surface area contributed by atoms with E-state index in [0.29, 0.717) is 43.5 Å². The first-order chi connectivity index (χ1) is 20.3. The van der Waals surface area contributed by atoms with Crippen LogP contribution in [-0.2, 0) is 21.0 Å². The average molecular weight is 585 g/mol. The van der Waals surface area contributed by atoms with E-state index < -0.39 is 30.4 Å². The summed E-state index contributed by atoms with van der Waals surface area (Å²) in [4.78, 5) is 39.1. The van der Waals surface area contributed by atoms with Crippen molar-refractivity contribution in [2.45, 2.75) is 70.7 Å². The number of anilines is 1. The molecule has 3 saturated carbocycles. The number of fused-ring (bicyclic) bond motifs is 2. The third-order valence-corrected chi connectivity index (χ3v) is 8.95. The molecule has 0 radical (unpaired) electrons. The normalized spacial score (nSPS) is 26.4. The molecule has 5 rings (SSSR count). The van der Waals surface area contributed by atoms with E-state index in [0.717, 1.165) is 25.3 Å². The molecular weight excluding hydrogens is 546 g/mol. The van der Waals surface area contributed by atoms with Gasteiger partial charge in [-0.2, -0.15) is 0 Å². The van der Waals surface area contributed by atoms with E-state index in [1.807, 2.05) is 0 Å². The van der Waals surface area contributed by atoms with Gasteiger partial charge in [0.1, 0.15) is 12.4 Å². The van der Waals surface area contributed by atoms with Crippen LogP contribution in [0, 0.1) is 29.5 Å². The molecule has 2 N–H and O–H groups in total. The lowest BCUT2D eigenvalue weighted by Gasteiger charge is -2.31. The molecule has 2 aromatic carbocycles. The summed E-state index contributed by atoms with van der Waals surface area (Å²) in [6.07, 6.45) is 4.62. The number of carbonyl (C=O) groups is 3. The second kappa shape index (κ2) is 13.1. The van der Waals surface area contributed by atoms with Gasteiger partial charge >= 0.3 is 5.97 Å². The van der Waals surface area contributed by atoms with Gasteiger partial charge in [0.05, 0.1) is 37.2 Å². The number of carbonyl (C=O) groups excluding carboxylic acids is 3. The molecule has 3 aliphatic carbocycles. The first-order valence-corrected chi connectivity index (χ1v) is 14.8. The van der Waals surface area contributed by atoms with Crippen molar-refractivity contribution in [1.82, 2.24) is 5.32 Å². The molecule has 0 heterocycles. The summed E-state index contributed by atoms with van der Waals surface area (Å²) in [5, 5.41) is 5.96. The summed E-state index contributed by atoms with van der Waals surface area (Å²) < 4.78 is 44.6. The van der Waals surface area contributed by atoms with Crippen LogP contribution in [0.5, 0.6) is 11.5 Å². The SMILES string of the molecule is CCOC(=O)C1CCC(Oc2cc(C(=O)NC3C4CCC(C4)C3C(=O)Nc3cccc(CF)c3)c(OC)cc2F)CC1. The highest BCUT2D eigenvalue weighted by Gasteiger charge is 2.51. The molecule has 0 saturated heterocycles. The number of nitrogens with one attached hydrogen (secondary N) is 2. The molecule has 2 aromatic rings. The number of alkyl halides is 1. The number of amides is 2. The number of benzene rings is 2. The highest BCUT2D eigenvalue weighted by Crippen LogP contribution is 2.49. The maximum Gasteiger partial charge on any atom is 0.308 e. The van der Waals surface area contributed by atoms with Crippen molar-refractivity contribution in [3.8, 4) is 11.5 Å². The molecule has 4 unspecified atom stereocenters. The molecule has 42 heavy (non-hydrogen) atoms. The first kappa shape index (κ1) is 29.8. The van der Waals surface area contributed by atoms with Crippen LogP contribution in [0.2, 0.25) is 0 Å². The fourth-order valence-corrected chi connectivity index (χ4v) is 6.89. The van der Waals surface area contributed by atoms with E-state index in [2.05, 4.69) is 10.6 Å². The van der Waals surface area contributed by atoms with E-state index in [4.69, 9.17) is 14.2 Å². The van der Waals surface area contributed by atoms with Crippen molar-refractivity contribution in [2.24, 2.45) is 23.7 Å². The number of rotatable bonds is 10. The van der Waals surface area contributed by atoms with Gasteiger partial charge in [-0.05, 0) is 87.5 Å². The van der Waals surface area contributed by atoms with Crippen molar-refractivity contribution in [1.29, 1.82) is 0 Å². The monoisotopic (exact) mass is 584 g/mol. The van der Waals surface area contributed by atoms with Crippen molar-refractivity contribution >= 4 is 23.5 Å². The van der Waals surface area contributed by atoms with Gasteiger partial charge in [0.2, 0.25) is 5.91 Å². The third-order valence-electron chi connectivity index (χ3n) is 8.95. The molecule has 0 spiro atoms. The van der Waals surface area contributed by atoms with E-state index in [1.165, 1.54) is 13.2 Å². The molecule has 3 fully saturated rings. The van der Waals surface area contributed by atoms with E-state index in [-0.39, 0.29) is 52.8 Å². The molecule has 10 heteroatoms. The largest absolute Gasteiger partial charge is 0.496 e. The molecular formula is C32H38F2N2O6. The van der Waals surface area contributed by atoms with Gasteiger partial charge in [0.15, 0.2) is 11.6 Å². The van der Waals surface area contributed by atoms with Crippen LogP contribution >= 0.6 is 0 Å². The van der Waals surface area contributed by atoms with Gasteiger partial charge in [-0.1, -0.05) is 12.1 Å². The van der Waals surface area contributed by atoms with Crippen molar-refractivity contribution < 1.29 is 37.4 Å². The van der Waals surface area contributed by atoms with Crippen LogP contribution < -0.4 is 20.1 Å². The topological polar surface area (TPSA) is 103 Å². The molecule has 4 atom stereocenters. The smallest absolute Gasteiger partial charge is 0.308 e. The number of methoxy groups -OCH3 is 1. The zero-order valence-corrected chi connectivity index (χ0v) is 24.0. The summed E-state index contributed by atoms with van der Waals surface area (Å²) in [6.45, 7) is 1.48. The van der Waals surface area contributed by atoms with Gasteiger partial charge in [-0.15, -0.1) is 0 Å². The predicted molar refractivity (Wildman–Crippen MR) is 151 cm³/mol. The quantitative estimate of drug-likeness (QED) is 0.353. The minimum absolute atomic E-state index is 0.0597. The molecule has 2 bridgehead atoms. The van der Waals surface area contributed by atoms with E-state index in [1.54, 1.807) is 31.2 Å². The van der Waals surface area contributed by atoms with Crippen LogP contribution in [0.3, 0.4) is 0 Å². The zero-order valence-electron chi connectivity index (χ0n) is 24.0. The Morgan fingerprint density at radius 2 is 1.74 bits per heavy atom. The molecule has 8 nitrogen and oxygen atoms in total. The van der Waals surface area contributed by atoms with Crippen molar-refractivity contribution in [3.05, 3.63) is 53.3 Å². The van der Waals surface area contributed by atoms with Crippen LogP contribution in [0.15, 0.2) is 36.4 Å². The van der Waals surface area contributed by atoms with Gasteiger partial charge in [-0.3, -0.25) is 14.4 Å². The fraction of sp³-hybridized carbons (Fsp3) is 0.531. The highest BCUT2D eigenvalue weighted by atomic mass is 19.1. The lowest BCUT2D eigenvalue weighted by molar-refractivity contribution is -0.149. The third kappa shape index (κ3) is 6.37. The number of ether oxygens (including phenoxy) is 3. The van der Waals surface area contributed by atoms with Gasteiger partial charge in [-0.25, -0.2) is 8.78 Å². The molecule has 226 valence electrons. The van der Waals surface area contributed by atoms with Crippen LogP contribution in [0.25, 0.3) is 0 Å². The Balaban J connectivity index is 1.28. The molecule has 0 aromatic heterocycles. The average Bonchev–Trinajstić information content (AvgIpc) is 3.60. The molecule has 2 amide bonds. The minimum Gasteiger partial charge on any atom is -0.496 e. The van der Waals surface area contributed by atoms with Crippen LogP contribution in [0.4, 0.5) is 14.5 Å². The number of hydrogen-bond acceptors (Lipinski definition) is 6. The van der Waals surface area contributed by atoms with Gasteiger partial charge < -0.3 is 24.8 Å². The maximum atomic E-state index is 15.0. The minimum atomic E-state index is -0.649. The van der Waals surface area contributed by atoms with Gasteiger partial charge in [0, 0.05) is 17.8 Å². The van der Waals surface area contributed by atoms with Crippen molar-refractivity contribution in [3.63, 3.8) is 0 Å². The van der Waals surface area contributed by atoms with E-state index >= 15 is 4.39 Å². The summed E-state index contributed by atoms with van der Waals surface area (Å²) in [5.41, 5.74) is 1.10. The maximum absolute atomic E-state index is 15.0. The van der Waals surface area contributed by atoms with E-state index in [9.17, 15) is 18.8 Å². The van der Waals surface area contributed by atoms with Crippen LogP contribution in [0.1, 0.15) is 67.8 Å². The van der Waals surface area contributed by atoms with Gasteiger partial charge in [0.25, 0.3) is 5.91 Å². The zero-order chi connectivity index (χ0) is 29.8. The predicted octanol–water partition coefficient (Wildman–Crippen LogP) is 5.59. The first-order valence-electron chi connectivity index (χ1n) is 14.8. The summed E-state index contributed by atoms with van der Waals surface area (Å²) >= 11 is 0. The summed E-state index contributed by atoms with van der Waals surface area (Å²) in [6, 6.07) is 8.75. The Morgan fingerprint density at radius 1 is 0.976 bits per heavy atom. The fourth-order valence-electron chi connectivity index (χ4n) is 6.89. The molecule has 3 aliphatic rings. The summed E-state index contributed by atoms with van der Waals surface area (Å²) in [7, 11) is 1.36. The van der Waals surface area contributed by atoms with Crippen molar-refractivity contribution in [2.75, 3.05) is 19.0 Å². The highest BCUT2D eigenvalue weighted by molar-refractivity contribution is 5.99. The Morgan fingerprint density at radius 3 is 2.45 bits per heavy atom. The lowest BCUT2D eigenvalue weighted by atomic mass is 9.83.